The number of nitrogens with one attached hydrogen (secondary N) is 1. The summed E-state index contributed by atoms with van der Waals surface area (Å²) in [5.41, 5.74) is 8.53. The zero-order valence-corrected chi connectivity index (χ0v) is 16.2. The minimum Gasteiger partial charge on any atom is -0.464 e. The first-order valence-corrected chi connectivity index (χ1v) is 9.65. The van der Waals surface area contributed by atoms with Crippen molar-refractivity contribution in [2.75, 3.05) is 18.2 Å². The van der Waals surface area contributed by atoms with Crippen molar-refractivity contribution in [3.05, 3.63) is 48.0 Å². The van der Waals surface area contributed by atoms with E-state index in [1.807, 2.05) is 18.2 Å². The summed E-state index contributed by atoms with van der Waals surface area (Å²) in [6.45, 7) is 0.453. The zero-order chi connectivity index (χ0) is 20.4. The van der Waals surface area contributed by atoms with Crippen molar-refractivity contribution >= 4 is 34.3 Å². The fraction of sp³-hybridized carbons (Fsp3) is 0.333. The molecule has 0 atom stereocenters. The van der Waals surface area contributed by atoms with Crippen LogP contribution >= 0.6 is 0 Å². The number of nitrogen functional groups attached to an aromatic ring is 1. The van der Waals surface area contributed by atoms with Crippen LogP contribution in [0.1, 0.15) is 35.4 Å². The van der Waals surface area contributed by atoms with Gasteiger partial charge in [0.1, 0.15) is 5.65 Å². The lowest BCUT2D eigenvalue weighted by atomic mass is 9.85. The van der Waals surface area contributed by atoms with E-state index in [9.17, 15) is 9.59 Å². The molecule has 3 N–H and O–H groups in total. The van der Waals surface area contributed by atoms with Gasteiger partial charge in [0.15, 0.2) is 5.69 Å². The van der Waals surface area contributed by atoms with Gasteiger partial charge < -0.3 is 20.4 Å². The standard InChI is InChI=1S/C21H23N5O3/c1-29-21(28)18-17(25-20(27)13-5-4-6-13)16-11-14(22)12-24-19(16)26(18)10-8-15-7-2-3-9-23-15/h2-3,7,9,11-13H,4-6,8,10,22H2,1H3,(H,25,27). The summed E-state index contributed by atoms with van der Waals surface area (Å²) >= 11 is 0. The molecule has 0 aliphatic heterocycles. The van der Waals surface area contributed by atoms with Crippen LogP contribution in [-0.4, -0.2) is 33.5 Å². The SMILES string of the molecule is COC(=O)c1c(NC(=O)C2CCC2)c2cc(N)cnc2n1CCc1ccccn1. The van der Waals surface area contributed by atoms with Crippen LogP contribution < -0.4 is 11.1 Å². The second kappa shape index (κ2) is 7.90. The van der Waals surface area contributed by atoms with E-state index < -0.39 is 5.97 Å². The number of hydrogen-bond acceptors (Lipinski definition) is 6. The molecule has 3 heterocycles. The van der Waals surface area contributed by atoms with Crippen LogP contribution in [0.15, 0.2) is 36.7 Å². The number of rotatable bonds is 6. The summed E-state index contributed by atoms with van der Waals surface area (Å²) in [4.78, 5) is 34.1. The first kappa shape index (κ1) is 18.9. The predicted octanol–water partition coefficient (Wildman–Crippen LogP) is 2.78. The monoisotopic (exact) mass is 393 g/mol. The van der Waals surface area contributed by atoms with Crippen molar-refractivity contribution in [3.8, 4) is 0 Å². The van der Waals surface area contributed by atoms with E-state index in [2.05, 4.69) is 15.3 Å². The Labute approximate surface area is 168 Å². The maximum Gasteiger partial charge on any atom is 0.356 e. The van der Waals surface area contributed by atoms with Crippen molar-refractivity contribution in [2.24, 2.45) is 5.92 Å². The third-order valence-corrected chi connectivity index (χ3v) is 5.34. The molecule has 150 valence electrons. The molecule has 0 radical (unpaired) electrons. The third-order valence-electron chi connectivity index (χ3n) is 5.34. The highest BCUT2D eigenvalue weighted by atomic mass is 16.5. The molecular formula is C21H23N5O3. The maximum atomic E-state index is 12.7. The van der Waals surface area contributed by atoms with Crippen LogP contribution in [0, 0.1) is 5.92 Å². The highest BCUT2D eigenvalue weighted by Crippen LogP contribution is 2.34. The molecule has 0 bridgehead atoms. The average molecular weight is 393 g/mol. The topological polar surface area (TPSA) is 112 Å². The van der Waals surface area contributed by atoms with Crippen molar-refractivity contribution in [1.29, 1.82) is 0 Å². The first-order chi connectivity index (χ1) is 14.1. The number of methoxy groups -OCH3 is 1. The third kappa shape index (κ3) is 3.65. The molecule has 3 aromatic rings. The number of nitrogens with two attached hydrogens (primary N) is 1. The molecule has 8 nitrogen and oxygen atoms in total. The van der Waals surface area contributed by atoms with Crippen LogP contribution in [-0.2, 0) is 22.5 Å². The van der Waals surface area contributed by atoms with Gasteiger partial charge in [0.05, 0.1) is 24.7 Å². The average Bonchev–Trinajstić information content (AvgIpc) is 2.97. The molecule has 0 spiro atoms. The van der Waals surface area contributed by atoms with E-state index in [1.165, 1.54) is 13.3 Å². The number of pyridine rings is 2. The summed E-state index contributed by atoms with van der Waals surface area (Å²) in [5.74, 6) is -0.652. The van der Waals surface area contributed by atoms with E-state index in [0.29, 0.717) is 35.4 Å². The lowest BCUT2D eigenvalue weighted by molar-refractivity contribution is -0.122. The fourth-order valence-electron chi connectivity index (χ4n) is 3.56. The smallest absolute Gasteiger partial charge is 0.356 e. The molecule has 0 saturated heterocycles. The van der Waals surface area contributed by atoms with E-state index in [0.717, 1.165) is 25.0 Å². The summed E-state index contributed by atoms with van der Waals surface area (Å²) < 4.78 is 6.80. The lowest BCUT2D eigenvalue weighted by Gasteiger charge is -2.24. The normalized spacial score (nSPS) is 13.8. The van der Waals surface area contributed by atoms with Crippen molar-refractivity contribution in [3.63, 3.8) is 0 Å². The number of hydrogen-bond donors (Lipinski definition) is 2. The number of aryl methyl sites for hydroxylation is 2. The minimum absolute atomic E-state index is 0.0264. The maximum absolute atomic E-state index is 12.7. The molecule has 1 aliphatic carbocycles. The molecule has 0 aromatic carbocycles. The van der Waals surface area contributed by atoms with Crippen molar-refractivity contribution in [1.82, 2.24) is 14.5 Å². The van der Waals surface area contributed by atoms with Gasteiger partial charge in [-0.1, -0.05) is 12.5 Å². The van der Waals surface area contributed by atoms with Gasteiger partial charge in [0.2, 0.25) is 5.91 Å². The molecule has 0 unspecified atom stereocenters. The van der Waals surface area contributed by atoms with E-state index >= 15 is 0 Å². The molecule has 3 aromatic heterocycles. The Morgan fingerprint density at radius 1 is 1.31 bits per heavy atom. The van der Waals surface area contributed by atoms with Crippen LogP contribution in [0.3, 0.4) is 0 Å². The number of nitrogens with zero attached hydrogens (tertiary/aromatic N) is 3. The van der Waals surface area contributed by atoms with Gasteiger partial charge in [-0.3, -0.25) is 9.78 Å². The highest BCUT2D eigenvalue weighted by Gasteiger charge is 2.30. The van der Waals surface area contributed by atoms with E-state index in [-0.39, 0.29) is 17.5 Å². The Balaban J connectivity index is 1.79. The summed E-state index contributed by atoms with van der Waals surface area (Å²) in [5, 5.41) is 3.57. The fourth-order valence-corrected chi connectivity index (χ4v) is 3.56. The summed E-state index contributed by atoms with van der Waals surface area (Å²) in [6.07, 6.45) is 6.63. The van der Waals surface area contributed by atoms with Crippen LogP contribution in [0.4, 0.5) is 11.4 Å². The van der Waals surface area contributed by atoms with Gasteiger partial charge in [-0.05, 0) is 31.0 Å². The molecule has 1 saturated carbocycles. The Bertz CT molecular complexity index is 1060. The lowest BCUT2D eigenvalue weighted by Crippen LogP contribution is -2.29. The molecule has 4 rings (SSSR count). The van der Waals surface area contributed by atoms with Gasteiger partial charge in [0.25, 0.3) is 0 Å². The Hall–Kier alpha value is -3.42. The Kier molecular flexibility index (Phi) is 5.16. The molecule has 1 aliphatic rings. The van der Waals surface area contributed by atoms with Gasteiger partial charge in [-0.25, -0.2) is 9.78 Å². The second-order valence-corrected chi connectivity index (χ2v) is 7.19. The van der Waals surface area contributed by atoms with Gasteiger partial charge in [-0.15, -0.1) is 0 Å². The Morgan fingerprint density at radius 3 is 2.79 bits per heavy atom. The van der Waals surface area contributed by atoms with Crippen molar-refractivity contribution in [2.45, 2.75) is 32.2 Å². The minimum atomic E-state index is -0.536. The van der Waals surface area contributed by atoms with Gasteiger partial charge in [-0.2, -0.15) is 0 Å². The largest absolute Gasteiger partial charge is 0.464 e. The summed E-state index contributed by atoms with van der Waals surface area (Å²) in [7, 11) is 1.32. The van der Waals surface area contributed by atoms with Crippen LogP contribution in [0.5, 0.6) is 0 Å². The highest BCUT2D eigenvalue weighted by molar-refractivity contribution is 6.11. The van der Waals surface area contributed by atoms with Crippen LogP contribution in [0.25, 0.3) is 11.0 Å². The van der Waals surface area contributed by atoms with E-state index in [4.69, 9.17) is 10.5 Å². The number of esters is 1. The van der Waals surface area contributed by atoms with Crippen LogP contribution in [0.2, 0.25) is 0 Å². The quantitative estimate of drug-likeness (QED) is 0.623. The number of aromatic nitrogens is 3. The number of fused-ring (bicyclic) bond motifs is 1. The molecule has 8 heteroatoms. The Morgan fingerprint density at radius 2 is 2.14 bits per heavy atom. The van der Waals surface area contributed by atoms with Crippen molar-refractivity contribution < 1.29 is 14.3 Å². The predicted molar refractivity (Wildman–Crippen MR) is 109 cm³/mol. The number of anilines is 2. The van der Waals surface area contributed by atoms with Gasteiger partial charge in [0, 0.05) is 36.2 Å². The van der Waals surface area contributed by atoms with Gasteiger partial charge >= 0.3 is 5.97 Å². The first-order valence-electron chi connectivity index (χ1n) is 9.65. The molecular weight excluding hydrogens is 370 g/mol. The molecule has 1 fully saturated rings. The molecule has 29 heavy (non-hydrogen) atoms. The summed E-state index contributed by atoms with van der Waals surface area (Å²) in [6, 6.07) is 7.42. The van der Waals surface area contributed by atoms with E-state index in [1.54, 1.807) is 16.8 Å². The zero-order valence-electron chi connectivity index (χ0n) is 16.2. The number of ether oxygens (including phenoxy) is 1. The molecule has 1 amide bonds. The number of amides is 1. The number of carbonyl (C=O) groups excluding carboxylic acids is 2. The second-order valence-electron chi connectivity index (χ2n) is 7.19. The number of carbonyl (C=O) groups is 2.